The van der Waals surface area contributed by atoms with Crippen LogP contribution in [0.2, 0.25) is 5.02 Å². The Bertz CT molecular complexity index is 1390. The zero-order valence-corrected chi connectivity index (χ0v) is 24.4. The lowest BCUT2D eigenvalue weighted by molar-refractivity contribution is 0.197. The van der Waals surface area contributed by atoms with Crippen molar-refractivity contribution in [2.45, 2.75) is 44.2 Å². The van der Waals surface area contributed by atoms with Gasteiger partial charge in [-0.05, 0) is 68.2 Å². The average Bonchev–Trinajstić information content (AvgIpc) is 3.21. The number of hydrogen-bond donors (Lipinski definition) is 1. The summed E-state index contributed by atoms with van der Waals surface area (Å²) in [6.45, 7) is 9.16. The summed E-state index contributed by atoms with van der Waals surface area (Å²) in [5, 5.41) is 5.68. The van der Waals surface area contributed by atoms with E-state index in [1.165, 1.54) is 11.8 Å². The number of nitrogens with one attached hydrogen (secondary N) is 1. The molecule has 2 amide bonds. The summed E-state index contributed by atoms with van der Waals surface area (Å²) < 4.78 is 6.38. The lowest BCUT2D eigenvalue weighted by atomic mass is 10.0. The monoisotopic (exact) mass is 553 g/mol. The number of aryl methyl sites for hydroxylation is 2. The highest BCUT2D eigenvalue weighted by Crippen LogP contribution is 2.38. The molecular formula is C29H32ClN3O2S2. The normalized spacial score (nSPS) is 11.4. The molecule has 2 aromatic carbocycles. The fourth-order valence-corrected chi connectivity index (χ4v) is 5.80. The van der Waals surface area contributed by atoms with Crippen molar-refractivity contribution in [3.05, 3.63) is 70.6 Å². The van der Waals surface area contributed by atoms with Crippen LogP contribution in [0.4, 0.5) is 10.5 Å². The van der Waals surface area contributed by atoms with Gasteiger partial charge in [-0.25, -0.2) is 9.78 Å². The number of nitrogens with zero attached hydrogens (tertiary/aromatic N) is 2. The van der Waals surface area contributed by atoms with Gasteiger partial charge in [0.2, 0.25) is 0 Å². The van der Waals surface area contributed by atoms with Gasteiger partial charge in [0.25, 0.3) is 0 Å². The number of aromatic nitrogens is 1. The first-order chi connectivity index (χ1) is 17.7. The van der Waals surface area contributed by atoms with Gasteiger partial charge in [-0.15, -0.1) is 23.5 Å². The molecule has 0 unspecified atom stereocenters. The Morgan fingerprint density at radius 1 is 1.08 bits per heavy atom. The Labute approximate surface area is 232 Å². The first kappa shape index (κ1) is 27.4. The van der Waals surface area contributed by atoms with Crippen LogP contribution >= 0.6 is 35.1 Å². The SMILES string of the molecule is CSc1cc(C)nc(SC)c1NC(=O)N(Cc1oc2ccc(C)cc2c1-c1ccc(Cl)cc1)CC(C)C. The van der Waals surface area contributed by atoms with E-state index in [0.29, 0.717) is 18.1 Å². The van der Waals surface area contributed by atoms with Gasteiger partial charge in [0.1, 0.15) is 16.4 Å². The maximum atomic E-state index is 13.7. The molecule has 1 N–H and O–H groups in total. The van der Waals surface area contributed by atoms with Crippen LogP contribution in [0.3, 0.4) is 0 Å². The lowest BCUT2D eigenvalue weighted by Gasteiger charge is -2.25. The fourth-order valence-electron chi connectivity index (χ4n) is 4.37. The number of fused-ring (bicyclic) bond motifs is 1. The van der Waals surface area contributed by atoms with Crippen molar-refractivity contribution in [1.82, 2.24) is 9.88 Å². The van der Waals surface area contributed by atoms with E-state index in [4.69, 9.17) is 16.0 Å². The summed E-state index contributed by atoms with van der Waals surface area (Å²) in [6.07, 6.45) is 3.98. The van der Waals surface area contributed by atoms with E-state index >= 15 is 0 Å². The maximum Gasteiger partial charge on any atom is 0.322 e. The Morgan fingerprint density at radius 3 is 2.46 bits per heavy atom. The molecule has 0 atom stereocenters. The minimum atomic E-state index is -0.177. The van der Waals surface area contributed by atoms with Crippen molar-refractivity contribution < 1.29 is 9.21 Å². The zero-order valence-electron chi connectivity index (χ0n) is 22.0. The fraction of sp³-hybridized carbons (Fsp3) is 0.310. The highest BCUT2D eigenvalue weighted by atomic mass is 35.5. The average molecular weight is 554 g/mol. The number of benzene rings is 2. The third-order valence-electron chi connectivity index (χ3n) is 5.98. The van der Waals surface area contributed by atoms with E-state index in [0.717, 1.165) is 54.7 Å². The number of halogens is 1. The van der Waals surface area contributed by atoms with E-state index < -0.39 is 0 Å². The molecule has 8 heteroatoms. The summed E-state index contributed by atoms with van der Waals surface area (Å²) in [7, 11) is 0. The minimum absolute atomic E-state index is 0.177. The number of carbonyl (C=O) groups is 1. The second kappa shape index (κ2) is 11.8. The minimum Gasteiger partial charge on any atom is -0.459 e. The molecule has 0 aliphatic carbocycles. The predicted molar refractivity (Wildman–Crippen MR) is 158 cm³/mol. The van der Waals surface area contributed by atoms with Crippen LogP contribution in [-0.4, -0.2) is 35.0 Å². The molecule has 0 aliphatic rings. The maximum absolute atomic E-state index is 13.7. The van der Waals surface area contributed by atoms with Crippen LogP contribution in [0.5, 0.6) is 0 Å². The van der Waals surface area contributed by atoms with Crippen LogP contribution in [0.25, 0.3) is 22.1 Å². The molecular weight excluding hydrogens is 522 g/mol. The van der Waals surface area contributed by atoms with E-state index in [-0.39, 0.29) is 11.9 Å². The second-order valence-corrected chi connectivity index (χ2v) is 11.5. The number of pyridine rings is 1. The number of urea groups is 1. The topological polar surface area (TPSA) is 58.4 Å². The van der Waals surface area contributed by atoms with E-state index in [1.54, 1.807) is 11.8 Å². The van der Waals surface area contributed by atoms with E-state index in [1.807, 2.05) is 66.8 Å². The number of amides is 2. The largest absolute Gasteiger partial charge is 0.459 e. The Morgan fingerprint density at radius 2 is 1.81 bits per heavy atom. The Hall–Kier alpha value is -2.61. The van der Waals surface area contributed by atoms with Gasteiger partial charge in [-0.3, -0.25) is 0 Å². The van der Waals surface area contributed by atoms with Gasteiger partial charge < -0.3 is 14.6 Å². The summed E-state index contributed by atoms with van der Waals surface area (Å²) in [4.78, 5) is 21.2. The van der Waals surface area contributed by atoms with Crippen LogP contribution in [0, 0.1) is 19.8 Å². The molecule has 2 heterocycles. The van der Waals surface area contributed by atoms with Gasteiger partial charge in [0.05, 0.1) is 12.2 Å². The first-order valence-electron chi connectivity index (χ1n) is 12.1. The molecule has 0 fully saturated rings. The second-order valence-electron chi connectivity index (χ2n) is 9.46. The van der Waals surface area contributed by atoms with Crippen molar-refractivity contribution >= 4 is 57.8 Å². The smallest absolute Gasteiger partial charge is 0.322 e. The van der Waals surface area contributed by atoms with Crippen molar-refractivity contribution in [1.29, 1.82) is 0 Å². The summed E-state index contributed by atoms with van der Waals surface area (Å²) in [5.41, 5.74) is 5.62. The molecule has 5 nitrogen and oxygen atoms in total. The quantitative estimate of drug-likeness (QED) is 0.221. The summed E-state index contributed by atoms with van der Waals surface area (Å²) >= 11 is 9.31. The molecule has 0 bridgehead atoms. The van der Waals surface area contributed by atoms with Crippen LogP contribution in [0.15, 0.2) is 62.9 Å². The van der Waals surface area contributed by atoms with E-state index in [2.05, 4.69) is 37.1 Å². The third-order valence-corrected chi connectivity index (χ3v) is 7.68. The molecule has 4 rings (SSSR count). The van der Waals surface area contributed by atoms with Gasteiger partial charge in [0, 0.05) is 33.1 Å². The Kier molecular flexibility index (Phi) is 8.78. The standard InChI is InChI=1S/C29H32ClN3O2S2/c1-17(2)15-33(29(34)32-27-25(36-5)14-19(4)31-28(27)37-6)16-24-26(20-8-10-21(30)11-9-20)22-13-18(3)7-12-23(22)35-24/h7-14,17H,15-16H2,1-6H3,(H,32,34). The molecule has 0 saturated carbocycles. The lowest BCUT2D eigenvalue weighted by Crippen LogP contribution is -2.37. The van der Waals surface area contributed by atoms with Gasteiger partial charge in [-0.2, -0.15) is 0 Å². The molecule has 0 spiro atoms. The number of hydrogen-bond acceptors (Lipinski definition) is 5. The van der Waals surface area contributed by atoms with Crippen molar-refractivity contribution in [2.24, 2.45) is 5.92 Å². The van der Waals surface area contributed by atoms with Crippen molar-refractivity contribution in [3.8, 4) is 11.1 Å². The highest BCUT2D eigenvalue weighted by molar-refractivity contribution is 7.99. The Balaban J connectivity index is 1.75. The number of carbonyl (C=O) groups excluding carboxylic acids is 1. The van der Waals surface area contributed by atoms with Gasteiger partial charge >= 0.3 is 6.03 Å². The molecule has 194 valence electrons. The summed E-state index contributed by atoms with van der Waals surface area (Å²) in [5.74, 6) is 1.02. The molecule has 37 heavy (non-hydrogen) atoms. The molecule has 0 saturated heterocycles. The highest BCUT2D eigenvalue weighted by Gasteiger charge is 2.24. The first-order valence-corrected chi connectivity index (χ1v) is 15.0. The van der Waals surface area contributed by atoms with Crippen molar-refractivity contribution in [3.63, 3.8) is 0 Å². The van der Waals surface area contributed by atoms with Gasteiger partial charge in [0.15, 0.2) is 0 Å². The predicted octanol–water partition coefficient (Wildman–Crippen LogP) is 8.90. The molecule has 2 aromatic heterocycles. The van der Waals surface area contributed by atoms with Crippen LogP contribution in [-0.2, 0) is 6.54 Å². The number of furan rings is 1. The van der Waals surface area contributed by atoms with Crippen LogP contribution in [0.1, 0.15) is 30.9 Å². The number of anilines is 1. The molecule has 0 radical (unpaired) electrons. The van der Waals surface area contributed by atoms with Crippen LogP contribution < -0.4 is 5.32 Å². The summed E-state index contributed by atoms with van der Waals surface area (Å²) in [6, 6.07) is 15.8. The number of thioether (sulfide) groups is 2. The van der Waals surface area contributed by atoms with Gasteiger partial charge in [-0.1, -0.05) is 49.2 Å². The number of rotatable bonds is 8. The molecule has 4 aromatic rings. The van der Waals surface area contributed by atoms with Crippen molar-refractivity contribution in [2.75, 3.05) is 24.4 Å². The van der Waals surface area contributed by atoms with E-state index in [9.17, 15) is 4.79 Å². The zero-order chi connectivity index (χ0) is 26.7. The molecule has 0 aliphatic heterocycles. The third kappa shape index (κ3) is 6.28.